The molecule has 0 spiro atoms. The summed E-state index contributed by atoms with van der Waals surface area (Å²) in [6.07, 6.45) is 0.864. The van der Waals surface area contributed by atoms with Gasteiger partial charge in [-0.25, -0.2) is 0 Å². The van der Waals surface area contributed by atoms with Crippen molar-refractivity contribution in [1.82, 2.24) is 20.0 Å². The zero-order valence-corrected chi connectivity index (χ0v) is 20.5. The number of fused-ring (bicyclic) bond motifs is 1. The molecule has 3 aliphatic heterocycles. The molecule has 3 aliphatic rings. The molecule has 2 saturated heterocycles. The Bertz CT molecular complexity index is 835. The van der Waals surface area contributed by atoms with E-state index < -0.39 is 0 Å². The molecule has 1 N–H and O–H groups in total. The van der Waals surface area contributed by atoms with Gasteiger partial charge in [-0.3, -0.25) is 19.4 Å². The number of nitrogens with one attached hydrogen (secondary N) is 1. The SMILES string of the molecule is CC(C)[C@H](NC(=O)CN1CCN(CC(=O)N2CCOCC2)CC1)c1ccc2c(c1)OCCCO2. The molecule has 1 aromatic rings. The molecule has 1 aromatic carbocycles. The van der Waals surface area contributed by atoms with E-state index in [0.717, 1.165) is 49.7 Å². The molecule has 0 aromatic heterocycles. The number of carbonyl (C=O) groups is 2. The zero-order chi connectivity index (χ0) is 23.9. The van der Waals surface area contributed by atoms with E-state index in [1.54, 1.807) is 0 Å². The van der Waals surface area contributed by atoms with Gasteiger partial charge in [0.15, 0.2) is 11.5 Å². The number of hydrogen-bond acceptors (Lipinski definition) is 7. The Morgan fingerprint density at radius 3 is 2.21 bits per heavy atom. The minimum atomic E-state index is -0.0999. The van der Waals surface area contributed by atoms with Crippen LogP contribution in [0, 0.1) is 5.92 Å². The third-order valence-corrected chi connectivity index (χ3v) is 6.67. The van der Waals surface area contributed by atoms with Gasteiger partial charge in [0.1, 0.15) is 0 Å². The molecule has 0 aliphatic carbocycles. The van der Waals surface area contributed by atoms with Crippen molar-refractivity contribution in [2.24, 2.45) is 5.92 Å². The van der Waals surface area contributed by atoms with E-state index in [2.05, 4.69) is 29.0 Å². The number of morpholine rings is 1. The van der Waals surface area contributed by atoms with Gasteiger partial charge >= 0.3 is 0 Å². The summed E-state index contributed by atoms with van der Waals surface area (Å²) in [5.74, 6) is 1.93. The molecule has 2 amide bonds. The molecular formula is C25H38N4O5. The average molecular weight is 475 g/mol. The summed E-state index contributed by atoms with van der Waals surface area (Å²) in [6.45, 7) is 12.1. The average Bonchev–Trinajstić information content (AvgIpc) is 3.09. The fraction of sp³-hybridized carbons (Fsp3) is 0.680. The number of ether oxygens (including phenoxy) is 3. The Labute approximate surface area is 202 Å². The van der Waals surface area contributed by atoms with E-state index in [9.17, 15) is 9.59 Å². The van der Waals surface area contributed by atoms with Crippen molar-refractivity contribution >= 4 is 11.8 Å². The third-order valence-electron chi connectivity index (χ3n) is 6.67. The standard InChI is InChI=1S/C25H38N4O5/c1-19(2)25(20-4-5-21-22(16-20)34-13-3-12-33-21)26-23(30)17-27-6-8-28(9-7-27)18-24(31)29-10-14-32-15-11-29/h4-5,16,19,25H,3,6-15,17-18H2,1-2H3,(H,26,30)/t25-/m0/s1. The van der Waals surface area contributed by atoms with Crippen LogP contribution in [0.2, 0.25) is 0 Å². The molecule has 2 fully saturated rings. The van der Waals surface area contributed by atoms with Crippen LogP contribution in [0.1, 0.15) is 31.9 Å². The van der Waals surface area contributed by atoms with Gasteiger partial charge in [0.2, 0.25) is 11.8 Å². The molecule has 0 unspecified atom stereocenters. The van der Waals surface area contributed by atoms with Crippen LogP contribution in [0.3, 0.4) is 0 Å². The summed E-state index contributed by atoms with van der Waals surface area (Å²) < 4.78 is 16.9. The van der Waals surface area contributed by atoms with E-state index in [1.165, 1.54) is 0 Å². The number of piperazine rings is 1. The van der Waals surface area contributed by atoms with Gasteiger partial charge in [-0.2, -0.15) is 0 Å². The molecule has 1 atom stereocenters. The lowest BCUT2D eigenvalue weighted by Crippen LogP contribution is -2.53. The molecule has 0 saturated carbocycles. The number of nitrogens with zero attached hydrogens (tertiary/aromatic N) is 3. The van der Waals surface area contributed by atoms with Crippen LogP contribution in [0.5, 0.6) is 11.5 Å². The van der Waals surface area contributed by atoms with Crippen molar-refractivity contribution in [2.75, 3.05) is 78.8 Å². The highest BCUT2D eigenvalue weighted by Crippen LogP contribution is 2.34. The third kappa shape index (κ3) is 6.61. The molecule has 34 heavy (non-hydrogen) atoms. The van der Waals surface area contributed by atoms with Crippen LogP contribution < -0.4 is 14.8 Å². The van der Waals surface area contributed by atoms with Gasteiger partial charge < -0.3 is 24.4 Å². The van der Waals surface area contributed by atoms with E-state index in [0.29, 0.717) is 52.6 Å². The fourth-order valence-electron chi connectivity index (χ4n) is 4.64. The quantitative estimate of drug-likeness (QED) is 0.635. The highest BCUT2D eigenvalue weighted by atomic mass is 16.5. The van der Waals surface area contributed by atoms with Crippen molar-refractivity contribution in [3.05, 3.63) is 23.8 Å². The second kappa shape index (κ2) is 11.9. The number of carbonyl (C=O) groups excluding carboxylic acids is 2. The molecule has 9 heteroatoms. The Morgan fingerprint density at radius 1 is 0.882 bits per heavy atom. The van der Waals surface area contributed by atoms with Crippen molar-refractivity contribution in [3.8, 4) is 11.5 Å². The smallest absolute Gasteiger partial charge is 0.236 e. The maximum Gasteiger partial charge on any atom is 0.236 e. The van der Waals surface area contributed by atoms with Gasteiger partial charge in [0, 0.05) is 45.7 Å². The maximum atomic E-state index is 12.9. The van der Waals surface area contributed by atoms with Crippen LogP contribution in [0.25, 0.3) is 0 Å². The van der Waals surface area contributed by atoms with Crippen LogP contribution >= 0.6 is 0 Å². The van der Waals surface area contributed by atoms with Crippen molar-refractivity contribution in [1.29, 1.82) is 0 Å². The van der Waals surface area contributed by atoms with Crippen molar-refractivity contribution in [3.63, 3.8) is 0 Å². The van der Waals surface area contributed by atoms with Crippen LogP contribution in [0.15, 0.2) is 18.2 Å². The first-order valence-electron chi connectivity index (χ1n) is 12.5. The van der Waals surface area contributed by atoms with Crippen molar-refractivity contribution in [2.45, 2.75) is 26.3 Å². The molecule has 188 valence electrons. The Morgan fingerprint density at radius 2 is 1.53 bits per heavy atom. The summed E-state index contributed by atoms with van der Waals surface area (Å²) in [4.78, 5) is 31.6. The molecule has 3 heterocycles. The predicted octanol–water partition coefficient (Wildman–Crippen LogP) is 1.14. The van der Waals surface area contributed by atoms with E-state index >= 15 is 0 Å². The molecule has 9 nitrogen and oxygen atoms in total. The topological polar surface area (TPSA) is 83.6 Å². The lowest BCUT2D eigenvalue weighted by atomic mass is 9.95. The largest absolute Gasteiger partial charge is 0.490 e. The second-order valence-corrected chi connectivity index (χ2v) is 9.59. The lowest BCUT2D eigenvalue weighted by Gasteiger charge is -2.36. The Kier molecular flexibility index (Phi) is 8.64. The van der Waals surface area contributed by atoms with Crippen LogP contribution in [-0.4, -0.2) is 105 Å². The number of benzene rings is 1. The normalized spacial score (nSPS) is 20.6. The maximum absolute atomic E-state index is 12.9. The summed E-state index contributed by atoms with van der Waals surface area (Å²) in [5.41, 5.74) is 1.03. The second-order valence-electron chi connectivity index (χ2n) is 9.59. The van der Waals surface area contributed by atoms with Crippen LogP contribution in [0.4, 0.5) is 0 Å². The Hall–Kier alpha value is -2.36. The highest BCUT2D eigenvalue weighted by molar-refractivity contribution is 5.79. The number of amides is 2. The minimum absolute atomic E-state index is 0.0173. The van der Waals surface area contributed by atoms with Crippen molar-refractivity contribution < 1.29 is 23.8 Å². The first-order chi connectivity index (χ1) is 16.5. The summed E-state index contributed by atoms with van der Waals surface area (Å²) in [7, 11) is 0. The van der Waals surface area contributed by atoms with Gasteiger partial charge in [0.05, 0.1) is 45.6 Å². The van der Waals surface area contributed by atoms with E-state index in [4.69, 9.17) is 14.2 Å². The number of hydrogen-bond donors (Lipinski definition) is 1. The Balaban J connectivity index is 1.25. The summed E-state index contributed by atoms with van der Waals surface area (Å²) in [6, 6.07) is 5.85. The first kappa shape index (κ1) is 24.8. The van der Waals surface area contributed by atoms with Gasteiger partial charge in [-0.15, -0.1) is 0 Å². The predicted molar refractivity (Wildman–Crippen MR) is 128 cm³/mol. The molecule has 4 rings (SSSR count). The summed E-state index contributed by atoms with van der Waals surface area (Å²) >= 11 is 0. The lowest BCUT2D eigenvalue weighted by molar-refractivity contribution is -0.137. The van der Waals surface area contributed by atoms with E-state index in [1.807, 2.05) is 23.1 Å². The number of rotatable bonds is 7. The first-order valence-corrected chi connectivity index (χ1v) is 12.5. The summed E-state index contributed by atoms with van der Waals surface area (Å²) in [5, 5.41) is 3.23. The monoisotopic (exact) mass is 474 g/mol. The van der Waals surface area contributed by atoms with Crippen LogP contribution in [-0.2, 0) is 14.3 Å². The zero-order valence-electron chi connectivity index (χ0n) is 20.5. The fourth-order valence-corrected chi connectivity index (χ4v) is 4.64. The van der Waals surface area contributed by atoms with Gasteiger partial charge in [-0.05, 0) is 23.6 Å². The minimum Gasteiger partial charge on any atom is -0.490 e. The molecule has 0 radical (unpaired) electrons. The van der Waals surface area contributed by atoms with E-state index in [-0.39, 0.29) is 23.8 Å². The van der Waals surface area contributed by atoms with Gasteiger partial charge in [-0.1, -0.05) is 19.9 Å². The molecular weight excluding hydrogens is 436 g/mol. The van der Waals surface area contributed by atoms with Gasteiger partial charge in [0.25, 0.3) is 0 Å². The molecule has 0 bridgehead atoms. The highest BCUT2D eigenvalue weighted by Gasteiger charge is 2.26.